The average molecular weight is 471 g/mol. The summed E-state index contributed by atoms with van der Waals surface area (Å²) in [5.41, 5.74) is 1.47. The van der Waals surface area contributed by atoms with Crippen molar-refractivity contribution in [2.45, 2.75) is 0 Å². The largest absolute Gasteiger partial charge is 0.379 e. The average Bonchev–Trinajstić information content (AvgIpc) is 2.83. The highest BCUT2D eigenvalue weighted by atomic mass is 35.5. The maximum Gasteiger partial charge on any atom is 0.153 e. The highest BCUT2D eigenvalue weighted by Gasteiger charge is 2.17. The van der Waals surface area contributed by atoms with Crippen LogP contribution in [0.3, 0.4) is 0 Å². The van der Waals surface area contributed by atoms with Gasteiger partial charge in [0.2, 0.25) is 0 Å². The Morgan fingerprint density at radius 1 is 0.839 bits per heavy atom. The normalized spacial score (nSPS) is 15.6. The van der Waals surface area contributed by atoms with Crippen molar-refractivity contribution in [3.8, 4) is 0 Å². The molecule has 9 heteroatoms. The molecule has 0 radical (unpaired) electrons. The quantitative estimate of drug-likeness (QED) is 0.686. The van der Waals surface area contributed by atoms with Crippen molar-refractivity contribution >= 4 is 41.5 Å². The molecule has 0 atom stereocenters. The van der Waals surface area contributed by atoms with E-state index in [1.54, 1.807) is 18.2 Å². The monoisotopic (exact) mass is 470 g/mol. The first kappa shape index (κ1) is 25.2. The van der Waals surface area contributed by atoms with Gasteiger partial charge in [-0.2, -0.15) is 0 Å². The summed E-state index contributed by atoms with van der Waals surface area (Å²) in [6.45, 7) is 6.77. The first-order valence-electron chi connectivity index (χ1n) is 9.82. The molecule has 0 spiro atoms. The van der Waals surface area contributed by atoms with Crippen molar-refractivity contribution in [1.29, 1.82) is 0 Å². The van der Waals surface area contributed by atoms with Crippen molar-refractivity contribution in [3.63, 3.8) is 0 Å². The molecule has 31 heavy (non-hydrogen) atoms. The van der Waals surface area contributed by atoms with E-state index in [1.165, 1.54) is 18.2 Å². The summed E-state index contributed by atoms with van der Waals surface area (Å²) in [7, 11) is 0. The molecule has 2 aromatic rings. The number of ether oxygens (including phenoxy) is 2. The van der Waals surface area contributed by atoms with Crippen LogP contribution < -0.4 is 10.2 Å². The summed E-state index contributed by atoms with van der Waals surface area (Å²) in [6, 6.07) is 9.66. The van der Waals surface area contributed by atoms with E-state index >= 15 is 0 Å². The number of carbonyl (C=O) groups excluding carboxylic acids is 2. The second-order valence-electron chi connectivity index (χ2n) is 6.52. The summed E-state index contributed by atoms with van der Waals surface area (Å²) in [4.78, 5) is 23.1. The Morgan fingerprint density at radius 2 is 1.39 bits per heavy atom. The first-order chi connectivity index (χ1) is 15.1. The van der Waals surface area contributed by atoms with E-state index < -0.39 is 5.82 Å². The highest BCUT2D eigenvalue weighted by molar-refractivity contribution is 6.34. The van der Waals surface area contributed by atoms with Crippen molar-refractivity contribution in [2.75, 3.05) is 57.5 Å². The maximum atomic E-state index is 12.6. The number of anilines is 1. The Hall–Kier alpha value is -2.03. The van der Waals surface area contributed by atoms with Gasteiger partial charge in [-0.3, -0.25) is 9.59 Å². The van der Waals surface area contributed by atoms with Gasteiger partial charge in [0.05, 0.1) is 47.7 Å². The van der Waals surface area contributed by atoms with E-state index in [-0.39, 0.29) is 10.6 Å². The third-order valence-corrected chi connectivity index (χ3v) is 5.02. The van der Waals surface area contributed by atoms with Gasteiger partial charge in [0, 0.05) is 31.7 Å². The number of hydrogen-bond donors (Lipinski definition) is 1. The molecule has 168 valence electrons. The van der Waals surface area contributed by atoms with Gasteiger partial charge in [-0.15, -0.1) is 0 Å². The Labute approximate surface area is 191 Å². The lowest BCUT2D eigenvalue weighted by Crippen LogP contribution is -2.37. The second-order valence-corrected chi connectivity index (χ2v) is 7.33. The molecule has 2 saturated heterocycles. The van der Waals surface area contributed by atoms with E-state index in [0.29, 0.717) is 30.1 Å². The fraction of sp³-hybridized carbons (Fsp3) is 0.364. The predicted molar refractivity (Wildman–Crippen MR) is 120 cm³/mol. The summed E-state index contributed by atoms with van der Waals surface area (Å²) in [6.07, 6.45) is 1.28. The zero-order valence-electron chi connectivity index (χ0n) is 17.0. The molecular formula is C22H25Cl2FN2O4. The number of nitrogens with one attached hydrogen (secondary N) is 1. The van der Waals surface area contributed by atoms with Crippen LogP contribution in [0.5, 0.6) is 0 Å². The SMILES string of the molecule is C1COCCN1.O=Cc1cccc(Cl)c1F.O=Cc1cccc(Cl)c1N1CCOCC1. The van der Waals surface area contributed by atoms with Crippen LogP contribution in [0.25, 0.3) is 0 Å². The summed E-state index contributed by atoms with van der Waals surface area (Å²) in [5.74, 6) is -0.654. The lowest BCUT2D eigenvalue weighted by Gasteiger charge is -2.30. The number of aldehydes is 2. The second kappa shape index (κ2) is 14.1. The third-order valence-electron chi connectivity index (χ3n) is 4.43. The first-order valence-corrected chi connectivity index (χ1v) is 10.6. The van der Waals surface area contributed by atoms with E-state index in [0.717, 1.165) is 51.4 Å². The zero-order chi connectivity index (χ0) is 22.5. The van der Waals surface area contributed by atoms with E-state index in [4.69, 9.17) is 32.7 Å². The van der Waals surface area contributed by atoms with Gasteiger partial charge in [0.15, 0.2) is 18.4 Å². The Kier molecular flexibility index (Phi) is 11.5. The van der Waals surface area contributed by atoms with E-state index in [9.17, 15) is 14.0 Å². The Balaban J connectivity index is 0.000000183. The van der Waals surface area contributed by atoms with Crippen molar-refractivity contribution in [2.24, 2.45) is 0 Å². The lowest BCUT2D eigenvalue weighted by molar-refractivity contribution is 0.109. The molecular weight excluding hydrogens is 446 g/mol. The maximum absolute atomic E-state index is 12.6. The molecule has 1 N–H and O–H groups in total. The predicted octanol–water partition coefficient (Wildman–Crippen LogP) is 3.89. The van der Waals surface area contributed by atoms with Crippen molar-refractivity contribution < 1.29 is 23.5 Å². The fourth-order valence-corrected chi connectivity index (χ4v) is 3.36. The molecule has 0 bridgehead atoms. The van der Waals surface area contributed by atoms with Gasteiger partial charge in [-0.1, -0.05) is 35.3 Å². The number of nitrogens with zero attached hydrogens (tertiary/aromatic N) is 1. The van der Waals surface area contributed by atoms with Crippen LogP contribution in [0.2, 0.25) is 10.0 Å². The topological polar surface area (TPSA) is 67.9 Å². The van der Waals surface area contributed by atoms with Crippen LogP contribution in [-0.4, -0.2) is 65.2 Å². The van der Waals surface area contributed by atoms with Crippen LogP contribution in [0, 0.1) is 5.82 Å². The molecule has 0 saturated carbocycles. The minimum absolute atomic E-state index is 0.00694. The number of rotatable bonds is 3. The number of halogens is 3. The smallest absolute Gasteiger partial charge is 0.153 e. The van der Waals surface area contributed by atoms with Gasteiger partial charge in [0.25, 0.3) is 0 Å². The molecule has 0 aromatic heterocycles. The zero-order valence-corrected chi connectivity index (χ0v) is 18.5. The molecule has 2 fully saturated rings. The Morgan fingerprint density at radius 3 is 1.87 bits per heavy atom. The van der Waals surface area contributed by atoms with Gasteiger partial charge in [-0.25, -0.2) is 4.39 Å². The van der Waals surface area contributed by atoms with Crippen molar-refractivity contribution in [3.05, 3.63) is 63.4 Å². The summed E-state index contributed by atoms with van der Waals surface area (Å²) >= 11 is 11.5. The number of morpholine rings is 2. The molecule has 2 heterocycles. The standard InChI is InChI=1S/C11H12ClNO2.C7H4ClFO.C4H9NO/c12-10-3-1-2-9(8-14)11(10)13-4-6-15-7-5-13;8-6-3-1-2-5(4-10)7(6)9;1-3-6-4-2-5-1/h1-3,8H,4-7H2;1-4H;5H,1-4H2. The number of carbonyl (C=O) groups is 2. The molecule has 0 aliphatic carbocycles. The van der Waals surface area contributed by atoms with Gasteiger partial charge in [-0.05, 0) is 24.3 Å². The summed E-state index contributed by atoms with van der Waals surface area (Å²) < 4.78 is 22.9. The van der Waals surface area contributed by atoms with Gasteiger partial charge >= 0.3 is 0 Å². The number of benzene rings is 2. The molecule has 0 unspecified atom stereocenters. The number of para-hydroxylation sites is 1. The molecule has 2 aliphatic heterocycles. The molecule has 2 aromatic carbocycles. The molecule has 2 aliphatic rings. The summed E-state index contributed by atoms with van der Waals surface area (Å²) in [5, 5.41) is 3.76. The highest BCUT2D eigenvalue weighted by Crippen LogP contribution is 2.29. The van der Waals surface area contributed by atoms with Gasteiger partial charge < -0.3 is 19.7 Å². The fourth-order valence-electron chi connectivity index (χ4n) is 2.87. The minimum Gasteiger partial charge on any atom is -0.379 e. The van der Waals surface area contributed by atoms with Crippen LogP contribution in [0.4, 0.5) is 10.1 Å². The van der Waals surface area contributed by atoms with E-state index in [1.807, 2.05) is 0 Å². The van der Waals surface area contributed by atoms with Crippen LogP contribution >= 0.6 is 23.2 Å². The molecule has 0 amide bonds. The Bertz CT molecular complexity index is 833. The minimum atomic E-state index is -0.654. The lowest BCUT2D eigenvalue weighted by atomic mass is 10.1. The van der Waals surface area contributed by atoms with E-state index in [2.05, 4.69) is 10.2 Å². The number of hydrogen-bond acceptors (Lipinski definition) is 6. The van der Waals surface area contributed by atoms with Crippen LogP contribution in [0.1, 0.15) is 20.7 Å². The van der Waals surface area contributed by atoms with Crippen molar-refractivity contribution in [1.82, 2.24) is 5.32 Å². The van der Waals surface area contributed by atoms with Crippen LogP contribution in [-0.2, 0) is 9.47 Å². The van der Waals surface area contributed by atoms with Gasteiger partial charge in [0.1, 0.15) is 0 Å². The third kappa shape index (κ3) is 8.20. The molecule has 4 rings (SSSR count). The molecule has 6 nitrogen and oxygen atoms in total. The van der Waals surface area contributed by atoms with Crippen LogP contribution in [0.15, 0.2) is 36.4 Å².